The van der Waals surface area contributed by atoms with Crippen LogP contribution in [0.4, 0.5) is 0 Å². The number of hydrogen-bond acceptors (Lipinski definition) is 2. The highest BCUT2D eigenvalue weighted by Gasteiger charge is 1.92. The quantitative estimate of drug-likeness (QED) is 0.521. The minimum atomic E-state index is 0.564. The van der Waals surface area contributed by atoms with Crippen LogP contribution >= 0.6 is 0 Å². The van der Waals surface area contributed by atoms with E-state index in [0.717, 1.165) is 17.7 Å². The number of methoxy groups -OCH3 is 1. The average Bonchev–Trinajstić information content (AvgIpc) is 2.48. The molecule has 0 spiro atoms. The van der Waals surface area contributed by atoms with Crippen molar-refractivity contribution in [3.05, 3.63) is 70.8 Å². The normalized spacial score (nSPS) is 9.90. The molecule has 0 radical (unpaired) electrons. The number of hydrogen-bond donors (Lipinski definition) is 1. The van der Waals surface area contributed by atoms with Crippen molar-refractivity contribution in [1.29, 1.82) is 0 Å². The molecule has 102 valence electrons. The molecule has 0 saturated heterocycles. The number of aryl methyl sites for hydroxylation is 1. The van der Waals surface area contributed by atoms with E-state index >= 15 is 0 Å². The SMILES string of the molecule is COCNCc1ccc(C#Cc2ccc(C)cc2)cc1. The smallest absolute Gasteiger partial charge is 0.0964 e. The van der Waals surface area contributed by atoms with Crippen molar-refractivity contribution in [1.82, 2.24) is 5.32 Å². The molecule has 2 nitrogen and oxygen atoms in total. The summed E-state index contributed by atoms with van der Waals surface area (Å²) in [6.07, 6.45) is 0. The van der Waals surface area contributed by atoms with Gasteiger partial charge in [0, 0.05) is 24.8 Å². The highest BCUT2D eigenvalue weighted by atomic mass is 16.5. The summed E-state index contributed by atoms with van der Waals surface area (Å²) in [7, 11) is 1.68. The lowest BCUT2D eigenvalue weighted by molar-refractivity contribution is 0.174. The first-order valence-corrected chi connectivity index (χ1v) is 6.65. The number of benzene rings is 2. The molecule has 20 heavy (non-hydrogen) atoms. The predicted octanol–water partition coefficient (Wildman–Crippen LogP) is 3.09. The van der Waals surface area contributed by atoms with E-state index < -0.39 is 0 Å². The van der Waals surface area contributed by atoms with E-state index in [9.17, 15) is 0 Å². The van der Waals surface area contributed by atoms with Crippen LogP contribution in [0.25, 0.3) is 0 Å². The van der Waals surface area contributed by atoms with E-state index in [1.54, 1.807) is 7.11 Å². The fraction of sp³-hybridized carbons (Fsp3) is 0.222. The van der Waals surface area contributed by atoms with Gasteiger partial charge in [0.25, 0.3) is 0 Å². The summed E-state index contributed by atoms with van der Waals surface area (Å²) in [6, 6.07) is 16.5. The molecule has 0 heterocycles. The standard InChI is InChI=1S/C18H19NO/c1-15-3-5-16(6-4-15)7-8-17-9-11-18(12-10-17)13-19-14-20-2/h3-6,9-12,19H,13-14H2,1-2H3. The fourth-order valence-corrected chi connectivity index (χ4v) is 1.78. The second-order valence-electron chi connectivity index (χ2n) is 4.67. The van der Waals surface area contributed by atoms with Crippen molar-refractivity contribution in [2.24, 2.45) is 0 Å². The Kier molecular flexibility index (Phi) is 5.37. The molecule has 0 saturated carbocycles. The van der Waals surface area contributed by atoms with Gasteiger partial charge in [0.05, 0.1) is 6.73 Å². The zero-order chi connectivity index (χ0) is 14.2. The van der Waals surface area contributed by atoms with Crippen LogP contribution in [-0.4, -0.2) is 13.8 Å². The summed E-state index contributed by atoms with van der Waals surface area (Å²) in [5, 5.41) is 3.18. The number of nitrogens with one attached hydrogen (secondary N) is 1. The molecule has 0 aliphatic carbocycles. The molecular formula is C18H19NO. The molecule has 0 fully saturated rings. The highest BCUT2D eigenvalue weighted by molar-refractivity contribution is 5.43. The Balaban J connectivity index is 1.98. The van der Waals surface area contributed by atoms with Gasteiger partial charge in [-0.05, 0) is 36.8 Å². The summed E-state index contributed by atoms with van der Waals surface area (Å²) < 4.78 is 4.95. The van der Waals surface area contributed by atoms with Crippen LogP contribution in [0, 0.1) is 18.8 Å². The van der Waals surface area contributed by atoms with E-state index in [4.69, 9.17) is 4.74 Å². The summed E-state index contributed by atoms with van der Waals surface area (Å²) >= 11 is 0. The third-order valence-corrected chi connectivity index (χ3v) is 2.93. The predicted molar refractivity (Wildman–Crippen MR) is 82.3 cm³/mol. The fourth-order valence-electron chi connectivity index (χ4n) is 1.78. The van der Waals surface area contributed by atoms with Gasteiger partial charge in [-0.15, -0.1) is 0 Å². The topological polar surface area (TPSA) is 21.3 Å². The third kappa shape index (κ3) is 4.55. The third-order valence-electron chi connectivity index (χ3n) is 2.93. The van der Waals surface area contributed by atoms with E-state index in [0.29, 0.717) is 6.73 Å². The maximum absolute atomic E-state index is 4.95. The maximum Gasteiger partial charge on any atom is 0.0964 e. The first-order chi connectivity index (χ1) is 9.78. The molecule has 0 atom stereocenters. The van der Waals surface area contributed by atoms with E-state index in [1.165, 1.54) is 11.1 Å². The monoisotopic (exact) mass is 265 g/mol. The Morgan fingerprint density at radius 2 is 1.45 bits per heavy atom. The summed E-state index contributed by atoms with van der Waals surface area (Å²) in [4.78, 5) is 0. The van der Waals surface area contributed by atoms with Crippen molar-refractivity contribution in [3.8, 4) is 11.8 Å². The molecule has 0 unspecified atom stereocenters. The molecule has 0 aromatic heterocycles. The Hall–Kier alpha value is -2.08. The molecule has 0 bridgehead atoms. The minimum Gasteiger partial charge on any atom is -0.370 e. The minimum absolute atomic E-state index is 0.564. The molecule has 0 aliphatic heterocycles. The van der Waals surface area contributed by atoms with E-state index in [-0.39, 0.29) is 0 Å². The Bertz CT molecular complexity index is 588. The van der Waals surface area contributed by atoms with Crippen molar-refractivity contribution in [2.75, 3.05) is 13.8 Å². The zero-order valence-electron chi connectivity index (χ0n) is 11.9. The maximum atomic E-state index is 4.95. The van der Waals surface area contributed by atoms with Crippen LogP contribution in [0.2, 0.25) is 0 Å². The van der Waals surface area contributed by atoms with Gasteiger partial charge in [0.1, 0.15) is 0 Å². The lowest BCUT2D eigenvalue weighted by Gasteiger charge is -2.03. The van der Waals surface area contributed by atoms with Gasteiger partial charge in [0.15, 0.2) is 0 Å². The number of ether oxygens (including phenoxy) is 1. The molecular weight excluding hydrogens is 246 g/mol. The van der Waals surface area contributed by atoms with Crippen molar-refractivity contribution >= 4 is 0 Å². The molecule has 0 amide bonds. The van der Waals surface area contributed by atoms with E-state index in [2.05, 4.69) is 48.3 Å². The van der Waals surface area contributed by atoms with E-state index in [1.807, 2.05) is 24.3 Å². The van der Waals surface area contributed by atoms with Gasteiger partial charge in [0.2, 0.25) is 0 Å². The lowest BCUT2D eigenvalue weighted by Crippen LogP contribution is -2.15. The van der Waals surface area contributed by atoms with Crippen LogP contribution in [0.15, 0.2) is 48.5 Å². The molecule has 2 aromatic carbocycles. The first kappa shape index (κ1) is 14.3. The largest absolute Gasteiger partial charge is 0.370 e. The van der Waals surface area contributed by atoms with Crippen LogP contribution in [-0.2, 0) is 11.3 Å². The lowest BCUT2D eigenvalue weighted by atomic mass is 10.1. The summed E-state index contributed by atoms with van der Waals surface area (Å²) in [5.74, 6) is 6.35. The molecule has 2 heteroatoms. The first-order valence-electron chi connectivity index (χ1n) is 6.65. The molecule has 0 aliphatic rings. The van der Waals surface area contributed by atoms with Gasteiger partial charge in [-0.25, -0.2) is 0 Å². The summed E-state index contributed by atoms with van der Waals surface area (Å²) in [6.45, 7) is 3.45. The van der Waals surface area contributed by atoms with Gasteiger partial charge in [-0.2, -0.15) is 0 Å². The second-order valence-corrected chi connectivity index (χ2v) is 4.67. The van der Waals surface area contributed by atoms with Crippen LogP contribution in [0.5, 0.6) is 0 Å². The molecule has 2 rings (SSSR count). The van der Waals surface area contributed by atoms with Crippen molar-refractivity contribution < 1.29 is 4.74 Å². The van der Waals surface area contributed by atoms with Crippen LogP contribution in [0.1, 0.15) is 22.3 Å². The van der Waals surface area contributed by atoms with Gasteiger partial charge in [-0.1, -0.05) is 41.7 Å². The van der Waals surface area contributed by atoms with Crippen molar-refractivity contribution in [3.63, 3.8) is 0 Å². The Morgan fingerprint density at radius 3 is 2.00 bits per heavy atom. The Labute approximate surface area is 120 Å². The van der Waals surface area contributed by atoms with Gasteiger partial charge >= 0.3 is 0 Å². The van der Waals surface area contributed by atoms with Crippen LogP contribution < -0.4 is 5.32 Å². The molecule has 2 aromatic rings. The van der Waals surface area contributed by atoms with Crippen molar-refractivity contribution in [2.45, 2.75) is 13.5 Å². The average molecular weight is 265 g/mol. The number of rotatable bonds is 4. The summed E-state index contributed by atoms with van der Waals surface area (Å²) in [5.41, 5.74) is 4.55. The highest BCUT2D eigenvalue weighted by Crippen LogP contribution is 2.05. The van der Waals surface area contributed by atoms with Crippen LogP contribution in [0.3, 0.4) is 0 Å². The second kappa shape index (κ2) is 7.49. The van der Waals surface area contributed by atoms with Gasteiger partial charge in [-0.3, -0.25) is 5.32 Å². The Morgan fingerprint density at radius 1 is 0.900 bits per heavy atom. The van der Waals surface area contributed by atoms with Gasteiger partial charge < -0.3 is 4.74 Å². The molecule has 1 N–H and O–H groups in total. The zero-order valence-corrected chi connectivity index (χ0v) is 11.9.